The molecule has 1 aliphatic carbocycles. The molecule has 0 bridgehead atoms. The number of nitrogens with zero attached hydrogens (tertiary/aromatic N) is 2. The zero-order chi connectivity index (χ0) is 24.6. The predicted octanol–water partition coefficient (Wildman–Crippen LogP) is 3.79. The normalized spacial score (nSPS) is 14.1. The lowest BCUT2D eigenvalue weighted by Gasteiger charge is -2.22. The van der Waals surface area contributed by atoms with Crippen molar-refractivity contribution in [1.29, 1.82) is 0 Å². The van der Waals surface area contributed by atoms with E-state index < -0.39 is 0 Å². The van der Waals surface area contributed by atoms with E-state index in [1.165, 1.54) is 11.0 Å². The van der Waals surface area contributed by atoms with Gasteiger partial charge < -0.3 is 10.6 Å². The number of amides is 2. The second-order valence-corrected chi connectivity index (χ2v) is 9.50. The fraction of sp³-hybridized carbons (Fsp3) is 0.407. The minimum atomic E-state index is -0.331. The van der Waals surface area contributed by atoms with Gasteiger partial charge in [-0.25, -0.2) is 4.98 Å². The van der Waals surface area contributed by atoms with Gasteiger partial charge in [0.15, 0.2) is 0 Å². The Morgan fingerprint density at radius 2 is 1.71 bits per heavy atom. The van der Waals surface area contributed by atoms with Gasteiger partial charge >= 0.3 is 0 Å². The number of benzene rings is 2. The Bertz CT molecular complexity index is 1230. The molecule has 2 amide bonds. The fourth-order valence-corrected chi connectivity index (χ4v) is 4.67. The molecule has 3 aromatic rings. The number of aryl methyl sites for hydroxylation is 1. The molecular formula is C27H31ClN4O3. The largest absolute Gasteiger partial charge is 0.354 e. The van der Waals surface area contributed by atoms with E-state index in [9.17, 15) is 14.4 Å². The standard InChI is InChI=1S/C27H31ClN4O3/c28-20-12-10-19(11-13-20)16-17-29-26(34)18-32-24-9-5-4-8-22(24)31-23(27(32)35)14-15-25(33)30-21-6-2-1-3-7-21/h4-5,8-13,21H,1-3,6-7,14-18H2,(H,29,34)(H,30,33). The number of fused-ring (bicyclic) bond motifs is 1. The lowest BCUT2D eigenvalue weighted by atomic mass is 9.95. The minimum absolute atomic E-state index is 0.0576. The number of para-hydroxylation sites is 2. The van der Waals surface area contributed by atoms with Crippen LogP contribution in [0.25, 0.3) is 11.0 Å². The molecule has 0 spiro atoms. The third-order valence-electron chi connectivity index (χ3n) is 6.43. The summed E-state index contributed by atoms with van der Waals surface area (Å²) in [5.74, 6) is -0.309. The van der Waals surface area contributed by atoms with Crippen molar-refractivity contribution < 1.29 is 9.59 Å². The maximum atomic E-state index is 13.2. The molecule has 4 rings (SSSR count). The molecule has 8 heteroatoms. The number of nitrogens with one attached hydrogen (secondary N) is 2. The molecule has 35 heavy (non-hydrogen) atoms. The molecule has 0 saturated heterocycles. The van der Waals surface area contributed by atoms with E-state index in [1.54, 1.807) is 6.07 Å². The van der Waals surface area contributed by atoms with Crippen LogP contribution < -0.4 is 16.2 Å². The number of rotatable bonds is 9. The van der Waals surface area contributed by atoms with Crippen molar-refractivity contribution in [3.05, 3.63) is 75.2 Å². The maximum absolute atomic E-state index is 13.2. The van der Waals surface area contributed by atoms with Crippen molar-refractivity contribution in [2.45, 2.75) is 64.0 Å². The zero-order valence-corrected chi connectivity index (χ0v) is 20.5. The molecule has 2 aromatic carbocycles. The van der Waals surface area contributed by atoms with E-state index in [-0.39, 0.29) is 42.8 Å². The first-order chi connectivity index (χ1) is 17.0. The number of carbonyl (C=O) groups is 2. The smallest absolute Gasteiger partial charge is 0.273 e. The van der Waals surface area contributed by atoms with Gasteiger partial charge in [-0.2, -0.15) is 0 Å². The summed E-state index contributed by atoms with van der Waals surface area (Å²) in [6.45, 7) is 0.343. The second kappa shape index (κ2) is 12.0. The summed E-state index contributed by atoms with van der Waals surface area (Å²) in [6.07, 6.45) is 6.63. The SMILES string of the molecule is O=C(Cn1c(=O)c(CCC(=O)NC2CCCCC2)nc2ccccc21)NCCc1ccc(Cl)cc1. The number of hydrogen-bond donors (Lipinski definition) is 2. The van der Waals surface area contributed by atoms with Gasteiger partial charge in [0.05, 0.1) is 11.0 Å². The topological polar surface area (TPSA) is 93.1 Å². The predicted molar refractivity (Wildman–Crippen MR) is 138 cm³/mol. The van der Waals surface area contributed by atoms with Crippen LogP contribution in [0.15, 0.2) is 53.3 Å². The van der Waals surface area contributed by atoms with Crippen molar-refractivity contribution in [1.82, 2.24) is 20.2 Å². The first kappa shape index (κ1) is 24.9. The van der Waals surface area contributed by atoms with Gasteiger partial charge in [-0.3, -0.25) is 19.0 Å². The highest BCUT2D eigenvalue weighted by Gasteiger charge is 2.18. The van der Waals surface area contributed by atoms with Crippen LogP contribution in [-0.2, 0) is 29.0 Å². The van der Waals surface area contributed by atoms with Crippen molar-refractivity contribution >= 4 is 34.4 Å². The molecule has 1 saturated carbocycles. The molecule has 0 atom stereocenters. The van der Waals surface area contributed by atoms with Crippen LogP contribution >= 0.6 is 11.6 Å². The van der Waals surface area contributed by atoms with E-state index >= 15 is 0 Å². The van der Waals surface area contributed by atoms with E-state index in [2.05, 4.69) is 15.6 Å². The van der Waals surface area contributed by atoms with E-state index in [1.807, 2.05) is 42.5 Å². The number of aromatic nitrogens is 2. The van der Waals surface area contributed by atoms with Crippen LogP contribution in [-0.4, -0.2) is 34.0 Å². The highest BCUT2D eigenvalue weighted by molar-refractivity contribution is 6.30. The molecule has 1 aliphatic rings. The summed E-state index contributed by atoms with van der Waals surface area (Å²) in [4.78, 5) is 42.9. The van der Waals surface area contributed by atoms with Crippen molar-refractivity contribution in [2.75, 3.05) is 6.54 Å². The lowest BCUT2D eigenvalue weighted by Crippen LogP contribution is -2.37. The number of carbonyl (C=O) groups excluding carboxylic acids is 2. The van der Waals surface area contributed by atoms with Crippen LogP contribution in [0.5, 0.6) is 0 Å². The van der Waals surface area contributed by atoms with Gasteiger partial charge in [-0.15, -0.1) is 0 Å². The molecule has 0 unspecified atom stereocenters. The van der Waals surface area contributed by atoms with Gasteiger partial charge in [0, 0.05) is 30.5 Å². The Hall–Kier alpha value is -3.19. The fourth-order valence-electron chi connectivity index (χ4n) is 4.54. The van der Waals surface area contributed by atoms with Crippen LogP contribution in [0.2, 0.25) is 5.02 Å². The van der Waals surface area contributed by atoms with Crippen LogP contribution in [0.4, 0.5) is 0 Å². The summed E-state index contributed by atoms with van der Waals surface area (Å²) >= 11 is 5.92. The van der Waals surface area contributed by atoms with Crippen molar-refractivity contribution in [3.8, 4) is 0 Å². The maximum Gasteiger partial charge on any atom is 0.273 e. The number of halogens is 1. The van der Waals surface area contributed by atoms with Gasteiger partial charge in [-0.1, -0.05) is 55.1 Å². The average Bonchev–Trinajstić information content (AvgIpc) is 2.86. The molecule has 184 valence electrons. The number of hydrogen-bond acceptors (Lipinski definition) is 4. The molecule has 7 nitrogen and oxygen atoms in total. The van der Waals surface area contributed by atoms with Gasteiger partial charge in [0.2, 0.25) is 11.8 Å². The second-order valence-electron chi connectivity index (χ2n) is 9.07. The van der Waals surface area contributed by atoms with Gasteiger partial charge in [-0.05, 0) is 49.1 Å². The van der Waals surface area contributed by atoms with Crippen molar-refractivity contribution in [2.24, 2.45) is 0 Å². The van der Waals surface area contributed by atoms with Crippen LogP contribution in [0, 0.1) is 0 Å². The summed E-state index contributed by atoms with van der Waals surface area (Å²) in [5, 5.41) is 6.64. The molecular weight excluding hydrogens is 464 g/mol. The van der Waals surface area contributed by atoms with Crippen LogP contribution in [0.3, 0.4) is 0 Å². The average molecular weight is 495 g/mol. The minimum Gasteiger partial charge on any atom is -0.354 e. The summed E-state index contributed by atoms with van der Waals surface area (Å²) < 4.78 is 1.45. The van der Waals surface area contributed by atoms with Gasteiger partial charge in [0.25, 0.3) is 5.56 Å². The zero-order valence-electron chi connectivity index (χ0n) is 19.8. The highest BCUT2D eigenvalue weighted by Crippen LogP contribution is 2.17. The Labute approximate surface area is 209 Å². The Morgan fingerprint density at radius 3 is 2.49 bits per heavy atom. The first-order valence-electron chi connectivity index (χ1n) is 12.3. The third kappa shape index (κ3) is 6.92. The molecule has 1 fully saturated rings. The van der Waals surface area contributed by atoms with E-state index in [4.69, 9.17) is 11.6 Å². The Balaban J connectivity index is 1.41. The van der Waals surface area contributed by atoms with E-state index in [0.29, 0.717) is 34.7 Å². The molecule has 2 N–H and O–H groups in total. The summed E-state index contributed by atoms with van der Waals surface area (Å²) in [7, 11) is 0. The molecule has 1 heterocycles. The molecule has 1 aromatic heterocycles. The quantitative estimate of drug-likeness (QED) is 0.473. The Kier molecular flexibility index (Phi) is 8.53. The lowest BCUT2D eigenvalue weighted by molar-refractivity contribution is -0.122. The molecule has 0 aliphatic heterocycles. The third-order valence-corrected chi connectivity index (χ3v) is 6.68. The van der Waals surface area contributed by atoms with E-state index in [0.717, 1.165) is 31.2 Å². The first-order valence-corrected chi connectivity index (χ1v) is 12.7. The van der Waals surface area contributed by atoms with Crippen LogP contribution in [0.1, 0.15) is 49.8 Å². The molecule has 0 radical (unpaired) electrons. The highest BCUT2D eigenvalue weighted by atomic mass is 35.5. The van der Waals surface area contributed by atoms with Crippen molar-refractivity contribution in [3.63, 3.8) is 0 Å². The van der Waals surface area contributed by atoms with Gasteiger partial charge in [0.1, 0.15) is 12.2 Å². The summed E-state index contributed by atoms with van der Waals surface area (Å²) in [5.41, 5.74) is 2.26. The monoisotopic (exact) mass is 494 g/mol. The Morgan fingerprint density at radius 1 is 0.971 bits per heavy atom. The summed E-state index contributed by atoms with van der Waals surface area (Å²) in [6, 6.07) is 15.0.